The fraction of sp³-hybridized carbons (Fsp3) is 0.611. The van der Waals surface area contributed by atoms with Crippen molar-refractivity contribution in [1.82, 2.24) is 10.6 Å². The minimum atomic E-state index is 0.618. The van der Waals surface area contributed by atoms with Crippen LogP contribution in [0.3, 0.4) is 0 Å². The summed E-state index contributed by atoms with van der Waals surface area (Å²) >= 11 is 0. The molecule has 0 bridgehead atoms. The van der Waals surface area contributed by atoms with Crippen LogP contribution >= 0.6 is 0 Å². The van der Waals surface area contributed by atoms with Crippen molar-refractivity contribution < 1.29 is 4.74 Å². The highest BCUT2D eigenvalue weighted by Gasteiger charge is 2.33. The van der Waals surface area contributed by atoms with Crippen LogP contribution in [0.2, 0.25) is 0 Å². The lowest BCUT2D eigenvalue weighted by Crippen LogP contribution is -2.39. The molecule has 22 heavy (non-hydrogen) atoms. The minimum Gasteiger partial charge on any atom is -0.377 e. The van der Waals surface area contributed by atoms with Crippen LogP contribution in [0.15, 0.2) is 35.3 Å². The van der Waals surface area contributed by atoms with Crippen LogP contribution in [0.25, 0.3) is 0 Å². The molecule has 0 heterocycles. The number of benzene rings is 1. The first-order chi connectivity index (χ1) is 10.8. The van der Waals surface area contributed by atoms with Gasteiger partial charge in [-0.3, -0.25) is 4.99 Å². The number of unbranched alkanes of at least 4 members (excludes halogenated alkanes) is 1. The molecule has 1 aliphatic carbocycles. The van der Waals surface area contributed by atoms with Crippen molar-refractivity contribution >= 4 is 5.96 Å². The summed E-state index contributed by atoms with van der Waals surface area (Å²) in [5.41, 5.74) is 1.23. The highest BCUT2D eigenvalue weighted by atomic mass is 16.5. The molecule has 2 unspecified atom stereocenters. The maximum absolute atomic E-state index is 5.68. The molecule has 0 aliphatic heterocycles. The van der Waals surface area contributed by atoms with Gasteiger partial charge in [-0.1, -0.05) is 37.3 Å². The third kappa shape index (κ3) is 6.48. The van der Waals surface area contributed by atoms with Crippen molar-refractivity contribution in [2.45, 2.75) is 45.8 Å². The molecular weight excluding hydrogens is 274 g/mol. The monoisotopic (exact) mass is 303 g/mol. The summed E-state index contributed by atoms with van der Waals surface area (Å²) in [5.74, 6) is 1.75. The van der Waals surface area contributed by atoms with Crippen LogP contribution in [0.1, 0.15) is 38.7 Å². The average molecular weight is 303 g/mol. The van der Waals surface area contributed by atoms with Gasteiger partial charge in [-0.15, -0.1) is 0 Å². The van der Waals surface area contributed by atoms with E-state index >= 15 is 0 Å². The molecule has 1 fully saturated rings. The molecule has 0 amide bonds. The quantitative estimate of drug-likeness (QED) is 0.419. The Morgan fingerprint density at radius 2 is 2.05 bits per heavy atom. The predicted molar refractivity (Wildman–Crippen MR) is 92.0 cm³/mol. The molecule has 1 saturated carbocycles. The number of aliphatic imine (C=N–C) groups is 1. The van der Waals surface area contributed by atoms with Crippen LogP contribution in [-0.4, -0.2) is 31.7 Å². The van der Waals surface area contributed by atoms with Crippen molar-refractivity contribution in [3.63, 3.8) is 0 Å². The molecule has 0 saturated heterocycles. The number of hydrogen-bond donors (Lipinski definition) is 2. The van der Waals surface area contributed by atoms with Crippen LogP contribution in [-0.2, 0) is 11.3 Å². The Balaban J connectivity index is 1.54. The van der Waals surface area contributed by atoms with E-state index in [0.717, 1.165) is 44.4 Å². The zero-order valence-electron chi connectivity index (χ0n) is 13.8. The molecule has 4 heteroatoms. The smallest absolute Gasteiger partial charge is 0.191 e. The van der Waals surface area contributed by atoms with Gasteiger partial charge in [0.25, 0.3) is 0 Å². The zero-order chi connectivity index (χ0) is 15.6. The van der Waals surface area contributed by atoms with E-state index in [2.05, 4.69) is 41.6 Å². The Hall–Kier alpha value is -1.55. The fourth-order valence-corrected chi connectivity index (χ4v) is 2.29. The van der Waals surface area contributed by atoms with Crippen molar-refractivity contribution in [1.29, 1.82) is 0 Å². The summed E-state index contributed by atoms with van der Waals surface area (Å²) in [7, 11) is 0. The molecule has 0 aromatic heterocycles. The van der Waals surface area contributed by atoms with Crippen molar-refractivity contribution in [3.05, 3.63) is 35.9 Å². The van der Waals surface area contributed by atoms with Crippen molar-refractivity contribution in [2.24, 2.45) is 10.9 Å². The van der Waals surface area contributed by atoms with E-state index in [1.54, 1.807) is 0 Å². The maximum atomic E-state index is 5.68. The fourth-order valence-electron chi connectivity index (χ4n) is 2.29. The van der Waals surface area contributed by atoms with Gasteiger partial charge < -0.3 is 15.4 Å². The molecule has 2 N–H and O–H groups in total. The number of hydrogen-bond acceptors (Lipinski definition) is 2. The second kappa shape index (κ2) is 9.46. The van der Waals surface area contributed by atoms with E-state index in [9.17, 15) is 0 Å². The molecule has 0 radical (unpaired) electrons. The summed E-state index contributed by atoms with van der Waals surface area (Å²) < 4.78 is 5.68. The molecule has 1 aromatic rings. The maximum Gasteiger partial charge on any atom is 0.191 e. The van der Waals surface area contributed by atoms with E-state index in [4.69, 9.17) is 4.74 Å². The molecule has 2 rings (SSSR count). The first-order valence-electron chi connectivity index (χ1n) is 8.46. The average Bonchev–Trinajstić information content (AvgIpc) is 3.22. The van der Waals surface area contributed by atoms with Crippen LogP contribution in [0.5, 0.6) is 0 Å². The van der Waals surface area contributed by atoms with E-state index < -0.39 is 0 Å². The van der Waals surface area contributed by atoms with Gasteiger partial charge in [0.2, 0.25) is 0 Å². The molecule has 4 nitrogen and oxygen atoms in total. The summed E-state index contributed by atoms with van der Waals surface area (Å²) in [5, 5.41) is 6.78. The number of ether oxygens (including phenoxy) is 1. The van der Waals surface area contributed by atoms with Gasteiger partial charge in [-0.25, -0.2) is 0 Å². The van der Waals surface area contributed by atoms with Gasteiger partial charge in [0, 0.05) is 25.7 Å². The number of rotatable bonds is 9. The Labute approximate surface area is 134 Å². The number of nitrogens with one attached hydrogen (secondary N) is 2. The second-order valence-corrected chi connectivity index (χ2v) is 5.97. The van der Waals surface area contributed by atoms with Crippen molar-refractivity contribution in [2.75, 3.05) is 19.7 Å². The largest absolute Gasteiger partial charge is 0.377 e. The predicted octanol–water partition coefficient (Wildman–Crippen LogP) is 2.95. The Kier molecular flexibility index (Phi) is 7.23. The second-order valence-electron chi connectivity index (χ2n) is 5.97. The Morgan fingerprint density at radius 1 is 1.27 bits per heavy atom. The van der Waals surface area contributed by atoms with Crippen molar-refractivity contribution in [3.8, 4) is 0 Å². The molecule has 122 valence electrons. The van der Waals surface area contributed by atoms with Gasteiger partial charge in [0.15, 0.2) is 5.96 Å². The lowest BCUT2D eigenvalue weighted by atomic mass is 10.2. The van der Waals surface area contributed by atoms with Gasteiger partial charge in [-0.05, 0) is 37.7 Å². The molecule has 1 aromatic carbocycles. The standard InChI is InChI=1S/C18H29N3O/c1-3-19-18(21-17-13-15(17)2)20-11-7-8-12-22-14-16-9-5-4-6-10-16/h4-6,9-10,15,17H,3,7-8,11-14H2,1-2H3,(H2,19,20,21). The van der Waals surface area contributed by atoms with E-state index in [-0.39, 0.29) is 0 Å². The lowest BCUT2D eigenvalue weighted by molar-refractivity contribution is 0.117. The third-order valence-electron chi connectivity index (χ3n) is 3.85. The van der Waals surface area contributed by atoms with Crippen LogP contribution in [0, 0.1) is 5.92 Å². The summed E-state index contributed by atoms with van der Waals surface area (Å²) in [6.45, 7) is 7.64. The van der Waals surface area contributed by atoms with E-state index in [0.29, 0.717) is 12.6 Å². The summed E-state index contributed by atoms with van der Waals surface area (Å²) in [6.07, 6.45) is 3.37. The van der Waals surface area contributed by atoms with Gasteiger partial charge in [0.05, 0.1) is 6.61 Å². The highest BCUT2D eigenvalue weighted by molar-refractivity contribution is 5.80. The number of guanidine groups is 1. The Bertz CT molecular complexity index is 447. The zero-order valence-corrected chi connectivity index (χ0v) is 13.8. The lowest BCUT2D eigenvalue weighted by Gasteiger charge is -2.10. The minimum absolute atomic E-state index is 0.618. The first-order valence-corrected chi connectivity index (χ1v) is 8.46. The van der Waals surface area contributed by atoms with Gasteiger partial charge in [-0.2, -0.15) is 0 Å². The van der Waals surface area contributed by atoms with Gasteiger partial charge >= 0.3 is 0 Å². The number of nitrogens with zero attached hydrogens (tertiary/aromatic N) is 1. The van der Waals surface area contributed by atoms with E-state index in [1.807, 2.05) is 18.2 Å². The molecule has 0 spiro atoms. The normalized spacial score (nSPS) is 20.7. The first kappa shape index (κ1) is 16.8. The Morgan fingerprint density at radius 3 is 2.73 bits per heavy atom. The molecular formula is C18H29N3O. The van der Waals surface area contributed by atoms with E-state index in [1.165, 1.54) is 12.0 Å². The van der Waals surface area contributed by atoms with Crippen LogP contribution < -0.4 is 10.6 Å². The third-order valence-corrected chi connectivity index (χ3v) is 3.85. The topological polar surface area (TPSA) is 45.7 Å². The SMILES string of the molecule is CCNC(=NCCCCOCc1ccccc1)NC1CC1C. The highest BCUT2D eigenvalue weighted by Crippen LogP contribution is 2.28. The summed E-state index contributed by atoms with van der Waals surface area (Å²) in [4.78, 5) is 4.62. The van der Waals surface area contributed by atoms with Gasteiger partial charge in [0.1, 0.15) is 0 Å². The summed E-state index contributed by atoms with van der Waals surface area (Å²) in [6, 6.07) is 10.9. The molecule has 2 atom stereocenters. The molecule has 1 aliphatic rings. The van der Waals surface area contributed by atoms with Crippen LogP contribution in [0.4, 0.5) is 0 Å².